The highest BCUT2D eigenvalue weighted by Crippen LogP contribution is 2.33. The van der Waals surface area contributed by atoms with Gasteiger partial charge in [-0.1, -0.05) is 35.3 Å². The summed E-state index contributed by atoms with van der Waals surface area (Å²) in [5.41, 5.74) is 1.73. The predicted octanol–water partition coefficient (Wildman–Crippen LogP) is 6.36. The summed E-state index contributed by atoms with van der Waals surface area (Å²) in [6.07, 6.45) is 0. The quantitative estimate of drug-likeness (QED) is 0.315. The van der Waals surface area contributed by atoms with Crippen LogP contribution in [0.5, 0.6) is 17.2 Å². The summed E-state index contributed by atoms with van der Waals surface area (Å²) in [6, 6.07) is 17.6. The van der Waals surface area contributed by atoms with Gasteiger partial charge in [-0.25, -0.2) is 4.79 Å². The van der Waals surface area contributed by atoms with Crippen molar-refractivity contribution in [1.82, 2.24) is 0 Å². The first kappa shape index (κ1) is 21.1. The number of rotatable bonds is 6. The summed E-state index contributed by atoms with van der Waals surface area (Å²) in [6.45, 7) is 0.192. The van der Waals surface area contributed by atoms with E-state index in [4.69, 9.17) is 41.8 Å². The molecule has 4 rings (SSSR count). The summed E-state index contributed by atoms with van der Waals surface area (Å²) in [5.74, 6) is 1.64. The third kappa shape index (κ3) is 4.33. The Morgan fingerprint density at radius 2 is 1.61 bits per heavy atom. The molecular weight excluding hydrogens is 439 g/mol. The Labute approximate surface area is 188 Å². The molecule has 0 saturated carbocycles. The van der Waals surface area contributed by atoms with E-state index in [2.05, 4.69) is 0 Å². The molecule has 0 unspecified atom stereocenters. The molecule has 158 valence electrons. The van der Waals surface area contributed by atoms with Crippen LogP contribution in [0.1, 0.15) is 5.56 Å². The maximum Gasteiger partial charge on any atom is 0.344 e. The van der Waals surface area contributed by atoms with Gasteiger partial charge in [-0.2, -0.15) is 0 Å². The van der Waals surface area contributed by atoms with Gasteiger partial charge in [-0.05, 0) is 48.0 Å². The van der Waals surface area contributed by atoms with Crippen LogP contribution in [-0.2, 0) is 6.61 Å². The molecule has 4 aromatic rings. The molecule has 0 amide bonds. The van der Waals surface area contributed by atoms with Crippen LogP contribution < -0.4 is 19.8 Å². The van der Waals surface area contributed by atoms with Gasteiger partial charge in [0.25, 0.3) is 0 Å². The molecule has 0 saturated heterocycles. The molecule has 7 heteroatoms. The highest BCUT2D eigenvalue weighted by atomic mass is 35.5. The van der Waals surface area contributed by atoms with E-state index in [9.17, 15) is 4.79 Å². The molecule has 0 bridgehead atoms. The molecule has 0 fully saturated rings. The van der Waals surface area contributed by atoms with Gasteiger partial charge >= 0.3 is 5.63 Å². The van der Waals surface area contributed by atoms with Gasteiger partial charge in [0.1, 0.15) is 17.9 Å². The molecule has 0 aliphatic heterocycles. The van der Waals surface area contributed by atoms with Crippen molar-refractivity contribution in [3.05, 3.63) is 86.7 Å². The zero-order valence-corrected chi connectivity index (χ0v) is 18.3. The normalized spacial score (nSPS) is 10.8. The van der Waals surface area contributed by atoms with Gasteiger partial charge in [0, 0.05) is 27.1 Å². The number of methoxy groups -OCH3 is 2. The van der Waals surface area contributed by atoms with Gasteiger partial charge in [0.05, 0.1) is 19.8 Å². The molecule has 0 spiro atoms. The Morgan fingerprint density at radius 3 is 2.32 bits per heavy atom. The second-order valence-corrected chi connectivity index (χ2v) is 7.52. The standard InChI is InChI=1S/C24H18Cl2O5/c1-28-21-9-7-14(11-23(21)29-2)17-10-15-6-8-16(12-22(15)31-24(17)27)30-13-18-19(25)4-3-5-20(18)26/h3-12H,13H2,1-2H3. The summed E-state index contributed by atoms with van der Waals surface area (Å²) >= 11 is 12.4. The zero-order valence-electron chi connectivity index (χ0n) is 16.8. The topological polar surface area (TPSA) is 57.9 Å². The van der Waals surface area contributed by atoms with E-state index in [-0.39, 0.29) is 6.61 Å². The summed E-state index contributed by atoms with van der Waals surface area (Å²) in [4.78, 5) is 12.7. The summed E-state index contributed by atoms with van der Waals surface area (Å²) in [5, 5.41) is 1.81. The average molecular weight is 457 g/mol. The van der Waals surface area contributed by atoms with Gasteiger partial charge in [-0.3, -0.25) is 0 Å². The monoisotopic (exact) mass is 456 g/mol. The zero-order chi connectivity index (χ0) is 22.0. The van der Waals surface area contributed by atoms with Gasteiger partial charge in [-0.15, -0.1) is 0 Å². The van der Waals surface area contributed by atoms with Crippen molar-refractivity contribution in [3.63, 3.8) is 0 Å². The van der Waals surface area contributed by atoms with Crippen LogP contribution >= 0.6 is 23.2 Å². The number of hydrogen-bond acceptors (Lipinski definition) is 5. The van der Waals surface area contributed by atoms with Crippen molar-refractivity contribution < 1.29 is 18.6 Å². The highest BCUT2D eigenvalue weighted by molar-refractivity contribution is 6.35. The van der Waals surface area contributed by atoms with Crippen LogP contribution in [0.4, 0.5) is 0 Å². The third-order valence-corrected chi connectivity index (χ3v) is 5.56. The third-order valence-electron chi connectivity index (χ3n) is 4.85. The minimum absolute atomic E-state index is 0.192. The smallest absolute Gasteiger partial charge is 0.344 e. The molecule has 0 atom stereocenters. The fourth-order valence-electron chi connectivity index (χ4n) is 3.21. The fourth-order valence-corrected chi connectivity index (χ4v) is 3.72. The van der Waals surface area contributed by atoms with Crippen LogP contribution in [0.3, 0.4) is 0 Å². The van der Waals surface area contributed by atoms with E-state index in [1.807, 2.05) is 6.07 Å². The van der Waals surface area contributed by atoms with Crippen LogP contribution in [0.2, 0.25) is 10.0 Å². The van der Waals surface area contributed by atoms with E-state index in [1.54, 1.807) is 68.8 Å². The lowest BCUT2D eigenvalue weighted by Crippen LogP contribution is -2.03. The Kier molecular flexibility index (Phi) is 6.07. The Hall–Kier alpha value is -3.15. The van der Waals surface area contributed by atoms with Crippen molar-refractivity contribution in [1.29, 1.82) is 0 Å². The molecule has 1 heterocycles. The molecule has 5 nitrogen and oxygen atoms in total. The van der Waals surface area contributed by atoms with Crippen LogP contribution in [0, 0.1) is 0 Å². The van der Waals surface area contributed by atoms with Gasteiger partial charge in [0.2, 0.25) is 0 Å². The maximum absolute atomic E-state index is 12.7. The second-order valence-electron chi connectivity index (χ2n) is 6.71. The van der Waals surface area contributed by atoms with Crippen LogP contribution in [0.25, 0.3) is 22.1 Å². The second kappa shape index (κ2) is 8.92. The number of halogens is 2. The largest absolute Gasteiger partial charge is 0.493 e. The Bertz CT molecular complexity index is 1290. The van der Waals surface area contributed by atoms with Gasteiger partial charge < -0.3 is 18.6 Å². The number of ether oxygens (including phenoxy) is 3. The van der Waals surface area contributed by atoms with E-state index in [1.165, 1.54) is 0 Å². The molecule has 0 N–H and O–H groups in total. The Balaban J connectivity index is 1.65. The van der Waals surface area contributed by atoms with Crippen molar-refractivity contribution >= 4 is 34.2 Å². The highest BCUT2D eigenvalue weighted by Gasteiger charge is 2.13. The van der Waals surface area contributed by atoms with Gasteiger partial charge in [0.15, 0.2) is 11.5 Å². The van der Waals surface area contributed by atoms with Crippen molar-refractivity contribution in [3.8, 4) is 28.4 Å². The van der Waals surface area contributed by atoms with Crippen molar-refractivity contribution in [2.75, 3.05) is 14.2 Å². The molecule has 0 aliphatic carbocycles. The first-order valence-corrected chi connectivity index (χ1v) is 10.1. The van der Waals surface area contributed by atoms with E-state index >= 15 is 0 Å². The minimum atomic E-state index is -0.467. The first-order chi connectivity index (χ1) is 15.0. The molecule has 0 radical (unpaired) electrons. The van der Waals surface area contributed by atoms with Crippen LogP contribution in [0.15, 0.2) is 69.9 Å². The van der Waals surface area contributed by atoms with E-state index < -0.39 is 5.63 Å². The molecule has 1 aromatic heterocycles. The Morgan fingerprint density at radius 1 is 0.871 bits per heavy atom. The number of hydrogen-bond donors (Lipinski definition) is 0. The molecular formula is C24H18Cl2O5. The average Bonchev–Trinajstić information content (AvgIpc) is 2.77. The SMILES string of the molecule is COc1ccc(-c2cc3ccc(OCc4c(Cl)cccc4Cl)cc3oc2=O)cc1OC. The first-order valence-electron chi connectivity index (χ1n) is 9.36. The van der Waals surface area contributed by atoms with Crippen LogP contribution in [-0.4, -0.2) is 14.2 Å². The molecule has 0 aliphatic rings. The lowest BCUT2D eigenvalue weighted by Gasteiger charge is -2.11. The van der Waals surface area contributed by atoms with Crippen molar-refractivity contribution in [2.24, 2.45) is 0 Å². The lowest BCUT2D eigenvalue weighted by atomic mass is 10.1. The summed E-state index contributed by atoms with van der Waals surface area (Å²) in [7, 11) is 3.10. The number of benzene rings is 3. The predicted molar refractivity (Wildman–Crippen MR) is 122 cm³/mol. The number of fused-ring (bicyclic) bond motifs is 1. The van der Waals surface area contributed by atoms with E-state index in [0.717, 1.165) is 5.39 Å². The van der Waals surface area contributed by atoms with E-state index in [0.29, 0.717) is 49.6 Å². The van der Waals surface area contributed by atoms with Crippen molar-refractivity contribution in [2.45, 2.75) is 6.61 Å². The molecule has 3 aromatic carbocycles. The lowest BCUT2D eigenvalue weighted by molar-refractivity contribution is 0.306. The fraction of sp³-hybridized carbons (Fsp3) is 0.125. The summed E-state index contributed by atoms with van der Waals surface area (Å²) < 4.78 is 22.0. The molecule has 31 heavy (non-hydrogen) atoms. The minimum Gasteiger partial charge on any atom is -0.493 e. The maximum atomic E-state index is 12.7.